The van der Waals surface area contributed by atoms with Crippen molar-refractivity contribution in [3.63, 3.8) is 0 Å². The summed E-state index contributed by atoms with van der Waals surface area (Å²) in [5.74, 6) is 1.79. The smallest absolute Gasteiger partial charge is 0.133 e. The van der Waals surface area contributed by atoms with Crippen molar-refractivity contribution in [2.24, 2.45) is 16.1 Å². The fraction of sp³-hybridized carbons (Fsp3) is 0.474. The highest BCUT2D eigenvalue weighted by molar-refractivity contribution is 5.87. The quantitative estimate of drug-likeness (QED) is 0.178. The first-order chi connectivity index (χ1) is 21.2. The van der Waals surface area contributed by atoms with Crippen LogP contribution in [0.25, 0.3) is 22.3 Å². The molecule has 0 radical (unpaired) electrons. The van der Waals surface area contributed by atoms with Crippen LogP contribution in [-0.2, 0) is 0 Å². The predicted molar refractivity (Wildman–Crippen MR) is 183 cm³/mol. The first-order valence-corrected chi connectivity index (χ1v) is 16.5. The van der Waals surface area contributed by atoms with Gasteiger partial charge in [-0.3, -0.25) is 4.99 Å². The molecule has 3 unspecified atom stereocenters. The molecule has 3 heterocycles. The van der Waals surface area contributed by atoms with E-state index in [0.29, 0.717) is 5.92 Å². The number of halogens is 1. The van der Waals surface area contributed by atoms with Crippen LogP contribution < -0.4 is 5.73 Å². The molecule has 0 amide bonds. The number of rotatable bonds is 11. The van der Waals surface area contributed by atoms with Gasteiger partial charge in [0, 0.05) is 36.3 Å². The van der Waals surface area contributed by atoms with E-state index in [2.05, 4.69) is 99.3 Å². The van der Waals surface area contributed by atoms with Crippen LogP contribution in [0.5, 0.6) is 0 Å². The second kappa shape index (κ2) is 12.1. The summed E-state index contributed by atoms with van der Waals surface area (Å²) in [7, 11) is 2.18. The molecule has 2 aliphatic heterocycles. The molecule has 4 atom stereocenters. The van der Waals surface area contributed by atoms with Crippen LogP contribution in [0.4, 0.5) is 4.39 Å². The lowest BCUT2D eigenvalue weighted by molar-refractivity contribution is 0.194. The number of benzene rings is 2. The Bertz CT molecular complexity index is 1660. The Morgan fingerprint density at radius 3 is 2.73 bits per heavy atom. The number of aliphatic imine (C=N–C) groups is 1. The van der Waals surface area contributed by atoms with Crippen LogP contribution in [-0.4, -0.2) is 39.9 Å². The zero-order chi connectivity index (χ0) is 31.2. The number of nitrogens with zero attached hydrogens (tertiary/aromatic N) is 4. The normalized spacial score (nSPS) is 22.3. The molecular weight excluding hydrogens is 545 g/mol. The second-order valence-electron chi connectivity index (χ2n) is 13.5. The minimum atomic E-state index is -0.493. The van der Waals surface area contributed by atoms with E-state index in [9.17, 15) is 4.39 Å². The molecule has 3 aromatic rings. The Kier molecular flexibility index (Phi) is 8.40. The van der Waals surface area contributed by atoms with Gasteiger partial charge in [0.25, 0.3) is 0 Å². The first kappa shape index (κ1) is 30.5. The van der Waals surface area contributed by atoms with Gasteiger partial charge in [0.15, 0.2) is 0 Å². The number of alkyl halides is 1. The van der Waals surface area contributed by atoms with Gasteiger partial charge in [-0.05, 0) is 97.6 Å². The molecule has 232 valence electrons. The van der Waals surface area contributed by atoms with E-state index in [1.165, 1.54) is 35.0 Å². The summed E-state index contributed by atoms with van der Waals surface area (Å²) in [6, 6.07) is 13.5. The summed E-state index contributed by atoms with van der Waals surface area (Å²) in [6.45, 7) is 12.4. The summed E-state index contributed by atoms with van der Waals surface area (Å²) in [5.41, 5.74) is 16.7. The van der Waals surface area contributed by atoms with E-state index in [1.54, 1.807) is 0 Å². The maximum Gasteiger partial charge on any atom is 0.133 e. The Labute approximate surface area is 262 Å². The van der Waals surface area contributed by atoms with E-state index in [4.69, 9.17) is 15.7 Å². The van der Waals surface area contributed by atoms with E-state index in [0.717, 1.165) is 66.0 Å². The highest BCUT2D eigenvalue weighted by Crippen LogP contribution is 2.54. The van der Waals surface area contributed by atoms with Gasteiger partial charge in [-0.25, -0.2) is 9.37 Å². The van der Waals surface area contributed by atoms with E-state index in [-0.39, 0.29) is 17.5 Å². The number of imidazole rings is 1. The molecule has 1 saturated carbocycles. The summed E-state index contributed by atoms with van der Waals surface area (Å²) >= 11 is 0. The largest absolute Gasteiger partial charge is 0.364 e. The molecule has 6 rings (SSSR count). The molecule has 0 saturated heterocycles. The third-order valence-corrected chi connectivity index (χ3v) is 10.7. The van der Waals surface area contributed by atoms with Gasteiger partial charge in [0.1, 0.15) is 12.5 Å². The Morgan fingerprint density at radius 2 is 2.02 bits per heavy atom. The van der Waals surface area contributed by atoms with Gasteiger partial charge in [-0.1, -0.05) is 63.8 Å². The first-order valence-electron chi connectivity index (χ1n) is 16.5. The van der Waals surface area contributed by atoms with Crippen LogP contribution in [0.3, 0.4) is 0 Å². The molecule has 1 aliphatic carbocycles. The summed E-state index contributed by atoms with van der Waals surface area (Å²) < 4.78 is 15.9. The number of fused-ring (bicyclic) bond motifs is 9. The van der Waals surface area contributed by atoms with Crippen LogP contribution >= 0.6 is 0 Å². The van der Waals surface area contributed by atoms with Crippen LogP contribution in [0.15, 0.2) is 66.3 Å². The van der Waals surface area contributed by atoms with Crippen molar-refractivity contribution in [3.8, 4) is 0 Å². The lowest BCUT2D eigenvalue weighted by Gasteiger charge is -2.33. The molecular formula is C38H48FN5. The third-order valence-electron chi connectivity index (χ3n) is 10.7. The van der Waals surface area contributed by atoms with Crippen molar-refractivity contribution >= 4 is 28.0 Å². The summed E-state index contributed by atoms with van der Waals surface area (Å²) in [5, 5.41) is 0. The predicted octanol–water partition coefficient (Wildman–Crippen LogP) is 9.13. The molecule has 44 heavy (non-hydrogen) atoms. The van der Waals surface area contributed by atoms with Crippen molar-refractivity contribution in [1.29, 1.82) is 0 Å². The minimum absolute atomic E-state index is 0.198. The molecule has 5 nitrogen and oxygen atoms in total. The maximum absolute atomic E-state index is 13.4. The Hall–Kier alpha value is -3.51. The Balaban J connectivity index is 1.39. The maximum atomic E-state index is 13.4. The fourth-order valence-corrected chi connectivity index (χ4v) is 7.17. The number of aromatic nitrogens is 2. The van der Waals surface area contributed by atoms with Gasteiger partial charge >= 0.3 is 0 Å². The number of nitrogens with two attached hydrogens (primary N) is 1. The zero-order valence-corrected chi connectivity index (χ0v) is 27.1. The van der Waals surface area contributed by atoms with E-state index < -0.39 is 12.7 Å². The molecule has 2 N–H and O–H groups in total. The number of hydrogen-bond acceptors (Lipinski definition) is 4. The van der Waals surface area contributed by atoms with Crippen molar-refractivity contribution in [2.45, 2.75) is 96.7 Å². The SMILES string of the molecule is C=C1c2cccc(C3CC3)c2C2CC(c3nc4ccc(C(/C=C/CC)=C/N=C(C)CC[C@@](C)(CC)C(N)CF)cc4n32)N1C. The van der Waals surface area contributed by atoms with Gasteiger partial charge < -0.3 is 15.2 Å². The molecule has 0 spiro atoms. The average Bonchev–Trinajstić information content (AvgIpc) is 3.75. The van der Waals surface area contributed by atoms with E-state index >= 15 is 0 Å². The second-order valence-corrected chi connectivity index (χ2v) is 13.5. The van der Waals surface area contributed by atoms with Crippen molar-refractivity contribution < 1.29 is 4.39 Å². The summed E-state index contributed by atoms with van der Waals surface area (Å²) in [4.78, 5) is 12.5. The molecule has 6 heteroatoms. The fourth-order valence-electron chi connectivity index (χ4n) is 7.17. The van der Waals surface area contributed by atoms with E-state index in [1.807, 2.05) is 6.20 Å². The zero-order valence-electron chi connectivity index (χ0n) is 27.1. The molecule has 3 aliphatic rings. The van der Waals surface area contributed by atoms with Crippen LogP contribution in [0.2, 0.25) is 0 Å². The van der Waals surface area contributed by atoms with Crippen LogP contribution in [0.1, 0.15) is 119 Å². The van der Waals surface area contributed by atoms with Crippen molar-refractivity contribution in [3.05, 3.63) is 89.4 Å². The lowest BCUT2D eigenvalue weighted by Crippen LogP contribution is -2.41. The molecule has 1 fully saturated rings. The van der Waals surface area contributed by atoms with Gasteiger partial charge in [-0.2, -0.15) is 0 Å². The monoisotopic (exact) mass is 593 g/mol. The van der Waals surface area contributed by atoms with Crippen molar-refractivity contribution in [1.82, 2.24) is 14.5 Å². The highest BCUT2D eigenvalue weighted by Gasteiger charge is 2.44. The summed E-state index contributed by atoms with van der Waals surface area (Å²) in [6.07, 6.45) is 13.3. The lowest BCUT2D eigenvalue weighted by atomic mass is 9.76. The molecule has 2 aromatic carbocycles. The Morgan fingerprint density at radius 1 is 1.23 bits per heavy atom. The van der Waals surface area contributed by atoms with Gasteiger partial charge in [-0.15, -0.1) is 0 Å². The van der Waals surface area contributed by atoms with Gasteiger partial charge in [0.2, 0.25) is 0 Å². The number of hydrogen-bond donors (Lipinski definition) is 1. The topological polar surface area (TPSA) is 59.4 Å². The van der Waals surface area contributed by atoms with Crippen LogP contribution in [0, 0.1) is 5.41 Å². The average molecular weight is 594 g/mol. The van der Waals surface area contributed by atoms with Crippen molar-refractivity contribution in [2.75, 3.05) is 13.7 Å². The number of allylic oxidation sites excluding steroid dienone is 3. The minimum Gasteiger partial charge on any atom is -0.364 e. The standard InChI is InChI=1S/C38H48FN5/c1-7-9-11-28(23-41-24(3)18-19-38(5,8-2)35(40)22-39)27-16-17-31-32(20-27)44-33-21-34(37(44)42-31)43(6)25(4)29-12-10-13-30(36(29)33)26-14-15-26/h9-13,16-17,20,23,26,33-35H,4,7-8,14-15,18-19,21-22,40H2,1-3,5-6H3/b11-9+,28-23+,41-24?/t33?,34?,35?,38-/m1/s1. The third kappa shape index (κ3) is 5.36. The molecule has 2 bridgehead atoms. The molecule has 1 aromatic heterocycles. The van der Waals surface area contributed by atoms with Gasteiger partial charge in [0.05, 0.1) is 23.1 Å². The highest BCUT2D eigenvalue weighted by atomic mass is 19.1.